The largest absolute Gasteiger partial charge is 0.493 e. The molecule has 0 fully saturated rings. The van der Waals surface area contributed by atoms with Gasteiger partial charge in [0, 0.05) is 11.3 Å². The summed E-state index contributed by atoms with van der Waals surface area (Å²) >= 11 is 2.09. The van der Waals surface area contributed by atoms with Gasteiger partial charge in [-0.3, -0.25) is 9.59 Å². The third-order valence-electron chi connectivity index (χ3n) is 5.00. The van der Waals surface area contributed by atoms with Gasteiger partial charge in [-0.15, -0.1) is 0 Å². The van der Waals surface area contributed by atoms with Gasteiger partial charge in [0.15, 0.2) is 29.6 Å². The van der Waals surface area contributed by atoms with Crippen molar-refractivity contribution in [3.05, 3.63) is 75.4 Å². The topological polar surface area (TPSA) is 107 Å². The SMILES string of the molecule is CCCOc1ccc(C(=O)N/N=C/c2cc(I)c(OCC(=O)Nc3ccccc3)c(OC)c2)cc1OCC. The van der Waals surface area contributed by atoms with E-state index in [1.54, 1.807) is 42.5 Å². The highest BCUT2D eigenvalue weighted by Gasteiger charge is 2.14. The number of methoxy groups -OCH3 is 1. The lowest BCUT2D eigenvalue weighted by molar-refractivity contribution is -0.118. The van der Waals surface area contributed by atoms with Gasteiger partial charge in [0.25, 0.3) is 11.8 Å². The van der Waals surface area contributed by atoms with Crippen molar-refractivity contribution in [2.75, 3.05) is 32.2 Å². The van der Waals surface area contributed by atoms with Crippen molar-refractivity contribution >= 4 is 46.3 Å². The maximum Gasteiger partial charge on any atom is 0.271 e. The van der Waals surface area contributed by atoms with Gasteiger partial charge in [-0.05, 0) is 84.0 Å². The van der Waals surface area contributed by atoms with E-state index in [0.717, 1.165) is 6.42 Å². The van der Waals surface area contributed by atoms with Crippen molar-refractivity contribution < 1.29 is 28.5 Å². The number of hydrazone groups is 1. The van der Waals surface area contributed by atoms with Crippen molar-refractivity contribution in [1.29, 1.82) is 0 Å². The number of nitrogens with zero attached hydrogens (tertiary/aromatic N) is 1. The summed E-state index contributed by atoms with van der Waals surface area (Å²) in [5, 5.41) is 6.84. The smallest absolute Gasteiger partial charge is 0.271 e. The highest BCUT2D eigenvalue weighted by molar-refractivity contribution is 14.1. The molecule has 200 valence electrons. The van der Waals surface area contributed by atoms with Gasteiger partial charge in [0.05, 0.1) is 30.1 Å². The van der Waals surface area contributed by atoms with Crippen molar-refractivity contribution in [1.82, 2.24) is 5.43 Å². The van der Waals surface area contributed by atoms with Crippen LogP contribution in [-0.4, -0.2) is 45.0 Å². The lowest BCUT2D eigenvalue weighted by Gasteiger charge is -2.13. The predicted octanol–water partition coefficient (Wildman–Crippen LogP) is 5.27. The summed E-state index contributed by atoms with van der Waals surface area (Å²) in [6.45, 7) is 4.71. The fourth-order valence-electron chi connectivity index (χ4n) is 3.29. The Kier molecular flexibility index (Phi) is 11.2. The normalized spacial score (nSPS) is 10.6. The van der Waals surface area contributed by atoms with Crippen LogP contribution >= 0.6 is 22.6 Å². The average molecular weight is 631 g/mol. The lowest BCUT2D eigenvalue weighted by Crippen LogP contribution is -2.20. The summed E-state index contributed by atoms with van der Waals surface area (Å²) in [4.78, 5) is 24.9. The van der Waals surface area contributed by atoms with Crippen LogP contribution < -0.4 is 29.7 Å². The number of hydrogen-bond donors (Lipinski definition) is 2. The molecule has 3 rings (SSSR count). The average Bonchev–Trinajstić information content (AvgIpc) is 2.92. The van der Waals surface area contributed by atoms with E-state index in [0.29, 0.717) is 56.6 Å². The number of nitrogens with one attached hydrogen (secondary N) is 2. The molecular formula is C28H30IN3O6. The molecule has 0 unspecified atom stereocenters. The number of hydrogen-bond acceptors (Lipinski definition) is 7. The molecule has 0 aliphatic rings. The molecule has 0 saturated carbocycles. The number of rotatable bonds is 13. The van der Waals surface area contributed by atoms with Crippen LogP contribution in [0.5, 0.6) is 23.0 Å². The molecule has 38 heavy (non-hydrogen) atoms. The molecule has 10 heteroatoms. The molecule has 2 amide bonds. The summed E-state index contributed by atoms with van der Waals surface area (Å²) < 4.78 is 23.2. The van der Waals surface area contributed by atoms with E-state index in [4.69, 9.17) is 18.9 Å². The standard InChI is InChI=1S/C28H30IN3O6/c1-4-13-37-23-12-11-20(16-24(23)36-5-2)28(34)32-30-17-19-14-22(29)27(25(15-19)35-3)38-18-26(33)31-21-9-7-6-8-10-21/h6-12,14-17H,4-5,13,18H2,1-3H3,(H,31,33)(H,32,34)/b30-17+. The second-order valence-electron chi connectivity index (χ2n) is 7.88. The first-order chi connectivity index (χ1) is 18.4. The van der Waals surface area contributed by atoms with Crippen molar-refractivity contribution in [3.63, 3.8) is 0 Å². The minimum Gasteiger partial charge on any atom is -0.493 e. The molecule has 0 heterocycles. The number of carbonyl (C=O) groups is 2. The van der Waals surface area contributed by atoms with E-state index in [1.165, 1.54) is 13.3 Å². The Labute approximate surface area is 235 Å². The Morgan fingerprint density at radius 2 is 1.74 bits per heavy atom. The van der Waals surface area contributed by atoms with E-state index in [2.05, 4.69) is 38.4 Å². The van der Waals surface area contributed by atoms with E-state index >= 15 is 0 Å². The molecular weight excluding hydrogens is 601 g/mol. The summed E-state index contributed by atoms with van der Waals surface area (Å²) in [7, 11) is 1.51. The summed E-state index contributed by atoms with van der Waals surface area (Å²) in [5.41, 5.74) is 4.27. The van der Waals surface area contributed by atoms with E-state index in [-0.39, 0.29) is 12.5 Å². The molecule has 0 bridgehead atoms. The van der Waals surface area contributed by atoms with Gasteiger partial charge in [-0.25, -0.2) is 5.43 Å². The number of halogens is 1. The lowest BCUT2D eigenvalue weighted by atomic mass is 10.2. The number of carbonyl (C=O) groups excluding carboxylic acids is 2. The molecule has 2 N–H and O–H groups in total. The van der Waals surface area contributed by atoms with Gasteiger partial charge >= 0.3 is 0 Å². The molecule has 0 atom stereocenters. The number of amides is 2. The van der Waals surface area contributed by atoms with Crippen LogP contribution in [0.4, 0.5) is 5.69 Å². The van der Waals surface area contributed by atoms with Crippen LogP contribution in [-0.2, 0) is 4.79 Å². The monoisotopic (exact) mass is 631 g/mol. The van der Waals surface area contributed by atoms with Crippen LogP contribution in [0.2, 0.25) is 0 Å². The Hall–Kier alpha value is -3.80. The third-order valence-corrected chi connectivity index (χ3v) is 5.81. The van der Waals surface area contributed by atoms with E-state index in [1.807, 2.05) is 32.0 Å². The summed E-state index contributed by atoms with van der Waals surface area (Å²) in [6, 6.07) is 17.6. The van der Waals surface area contributed by atoms with Gasteiger partial charge < -0.3 is 24.3 Å². The molecule has 0 radical (unpaired) electrons. The second-order valence-corrected chi connectivity index (χ2v) is 9.04. The zero-order valence-corrected chi connectivity index (χ0v) is 23.6. The van der Waals surface area contributed by atoms with Gasteiger partial charge in [-0.2, -0.15) is 5.10 Å². The Morgan fingerprint density at radius 1 is 0.947 bits per heavy atom. The maximum absolute atomic E-state index is 12.6. The highest BCUT2D eigenvalue weighted by Crippen LogP contribution is 2.33. The zero-order chi connectivity index (χ0) is 27.3. The minimum atomic E-state index is -0.393. The molecule has 3 aromatic rings. The molecule has 0 spiro atoms. The first-order valence-electron chi connectivity index (χ1n) is 12.0. The molecule has 0 saturated heterocycles. The van der Waals surface area contributed by atoms with Gasteiger partial charge in [0.1, 0.15) is 0 Å². The predicted molar refractivity (Wildman–Crippen MR) is 155 cm³/mol. The molecule has 9 nitrogen and oxygen atoms in total. The fourth-order valence-corrected chi connectivity index (χ4v) is 4.07. The Balaban J connectivity index is 1.63. The Morgan fingerprint density at radius 3 is 2.45 bits per heavy atom. The number of anilines is 1. The van der Waals surface area contributed by atoms with Gasteiger partial charge in [0.2, 0.25) is 0 Å². The van der Waals surface area contributed by atoms with Crippen LogP contribution in [0.25, 0.3) is 0 Å². The molecule has 0 aliphatic carbocycles. The van der Waals surface area contributed by atoms with Gasteiger partial charge in [-0.1, -0.05) is 25.1 Å². The summed E-state index contributed by atoms with van der Waals surface area (Å²) in [6.07, 6.45) is 2.36. The van der Waals surface area contributed by atoms with E-state index in [9.17, 15) is 9.59 Å². The van der Waals surface area contributed by atoms with E-state index < -0.39 is 5.91 Å². The first kappa shape index (κ1) is 28.8. The van der Waals surface area contributed by atoms with Crippen LogP contribution in [0.15, 0.2) is 65.8 Å². The first-order valence-corrected chi connectivity index (χ1v) is 13.1. The second kappa shape index (κ2) is 14.8. The van der Waals surface area contributed by atoms with Crippen LogP contribution in [0, 0.1) is 3.57 Å². The molecule has 3 aromatic carbocycles. The van der Waals surface area contributed by atoms with Crippen molar-refractivity contribution in [3.8, 4) is 23.0 Å². The maximum atomic E-state index is 12.6. The molecule has 0 aliphatic heterocycles. The number of ether oxygens (including phenoxy) is 4. The van der Waals surface area contributed by atoms with Crippen molar-refractivity contribution in [2.24, 2.45) is 5.10 Å². The number of para-hydroxylation sites is 1. The third kappa shape index (κ3) is 8.37. The fraction of sp³-hybridized carbons (Fsp3) is 0.250. The number of benzene rings is 3. The molecule has 0 aromatic heterocycles. The van der Waals surface area contributed by atoms with Crippen molar-refractivity contribution in [2.45, 2.75) is 20.3 Å². The zero-order valence-electron chi connectivity index (χ0n) is 21.5. The Bertz CT molecular complexity index is 1270. The van der Waals surface area contributed by atoms with Crippen LogP contribution in [0.1, 0.15) is 36.2 Å². The van der Waals surface area contributed by atoms with Crippen LogP contribution in [0.3, 0.4) is 0 Å². The minimum absolute atomic E-state index is 0.184. The quantitative estimate of drug-likeness (QED) is 0.151. The summed E-state index contributed by atoms with van der Waals surface area (Å²) in [5.74, 6) is 1.28. The highest BCUT2D eigenvalue weighted by atomic mass is 127.